The average molecular weight is 290 g/mol. The van der Waals surface area contributed by atoms with Gasteiger partial charge in [0, 0.05) is 23.7 Å². The maximum Gasteiger partial charge on any atom is 0.403 e. The predicted octanol–water partition coefficient (Wildman–Crippen LogP) is 2.60. The van der Waals surface area contributed by atoms with Gasteiger partial charge in [0.2, 0.25) is 0 Å². The molecule has 0 heterocycles. The first-order chi connectivity index (χ1) is 8.86. The van der Waals surface area contributed by atoms with Crippen molar-refractivity contribution < 1.29 is 24.4 Å². The maximum atomic E-state index is 10.3. The maximum absolute atomic E-state index is 10.3. The van der Waals surface area contributed by atoms with Crippen molar-refractivity contribution in [1.82, 2.24) is 0 Å². The van der Waals surface area contributed by atoms with E-state index in [-0.39, 0.29) is 12.1 Å². The number of carboxylic acids is 1. The van der Waals surface area contributed by atoms with E-state index in [0.717, 1.165) is 0 Å². The molecule has 1 aromatic rings. The number of nitrogens with zero attached hydrogens (tertiary/aromatic N) is 1. The van der Waals surface area contributed by atoms with Crippen molar-refractivity contribution in [3.63, 3.8) is 0 Å². The molecule has 0 saturated carbocycles. The molecular formula is C11H12ClNO6. The van der Waals surface area contributed by atoms with Gasteiger partial charge in [-0.3, -0.25) is 14.9 Å². The lowest BCUT2D eigenvalue weighted by atomic mass is 10.1. The molecule has 1 N–H and O–H groups in total. The van der Waals surface area contributed by atoms with Gasteiger partial charge >= 0.3 is 11.4 Å². The molecule has 0 aliphatic rings. The van der Waals surface area contributed by atoms with E-state index in [0.29, 0.717) is 12.2 Å². The topological polar surface area (TPSA) is 107 Å². The average Bonchev–Trinajstić information content (AvgIpc) is 2.29. The molecule has 0 aliphatic carbocycles. The Kier molecular flexibility index (Phi) is 7.87. The zero-order valence-electron chi connectivity index (χ0n) is 10.0. The van der Waals surface area contributed by atoms with Crippen molar-refractivity contribution in [3.8, 4) is 0 Å². The number of carboxylic acid groups (broad SMARTS) is 1. The zero-order valence-corrected chi connectivity index (χ0v) is 10.8. The summed E-state index contributed by atoms with van der Waals surface area (Å²) in [6, 6.07) is 5.45. The SMILES string of the molecule is CCOC(=O)Cl.O=C(O)Cc1ccc([N+](=O)[O-])cc1. The summed E-state index contributed by atoms with van der Waals surface area (Å²) in [5.74, 6) is -0.950. The fourth-order valence-corrected chi connectivity index (χ4v) is 1.13. The van der Waals surface area contributed by atoms with Crippen LogP contribution in [0.15, 0.2) is 24.3 Å². The van der Waals surface area contributed by atoms with Gasteiger partial charge in [-0.25, -0.2) is 4.79 Å². The van der Waals surface area contributed by atoms with Gasteiger partial charge in [0.05, 0.1) is 18.0 Å². The van der Waals surface area contributed by atoms with Crippen molar-refractivity contribution in [2.75, 3.05) is 6.61 Å². The minimum Gasteiger partial charge on any atom is -0.481 e. The highest BCUT2D eigenvalue weighted by Crippen LogP contribution is 2.11. The number of carbonyl (C=O) groups is 2. The second-order valence-corrected chi connectivity index (χ2v) is 3.47. The van der Waals surface area contributed by atoms with E-state index in [2.05, 4.69) is 4.74 Å². The summed E-state index contributed by atoms with van der Waals surface area (Å²) in [7, 11) is 0. The van der Waals surface area contributed by atoms with Crippen molar-refractivity contribution in [1.29, 1.82) is 0 Å². The third-order valence-corrected chi connectivity index (χ3v) is 1.87. The number of nitro benzene ring substituents is 1. The molecule has 104 valence electrons. The molecule has 0 fully saturated rings. The number of nitro groups is 1. The van der Waals surface area contributed by atoms with Crippen LogP contribution < -0.4 is 0 Å². The number of carbonyl (C=O) groups excluding carboxylic acids is 1. The van der Waals surface area contributed by atoms with Crippen LogP contribution >= 0.6 is 11.6 Å². The molecule has 0 radical (unpaired) electrons. The van der Waals surface area contributed by atoms with Crippen LogP contribution in [0.2, 0.25) is 0 Å². The molecule has 0 amide bonds. The van der Waals surface area contributed by atoms with Gasteiger partial charge in [-0.2, -0.15) is 0 Å². The Hall–Kier alpha value is -2.15. The van der Waals surface area contributed by atoms with Gasteiger partial charge in [0.1, 0.15) is 0 Å². The molecule has 1 aromatic carbocycles. The van der Waals surface area contributed by atoms with Gasteiger partial charge in [0.15, 0.2) is 0 Å². The van der Waals surface area contributed by atoms with E-state index in [1.807, 2.05) is 0 Å². The molecular weight excluding hydrogens is 278 g/mol. The van der Waals surface area contributed by atoms with Crippen LogP contribution in [0.5, 0.6) is 0 Å². The Balaban J connectivity index is 0.000000459. The Morgan fingerprint density at radius 2 is 1.89 bits per heavy atom. The Bertz CT molecular complexity index is 445. The first-order valence-corrected chi connectivity index (χ1v) is 5.52. The van der Waals surface area contributed by atoms with E-state index >= 15 is 0 Å². The van der Waals surface area contributed by atoms with Crippen LogP contribution in [0.4, 0.5) is 10.5 Å². The lowest BCUT2D eigenvalue weighted by Crippen LogP contribution is -1.99. The van der Waals surface area contributed by atoms with E-state index in [1.165, 1.54) is 24.3 Å². The van der Waals surface area contributed by atoms with Gasteiger partial charge in [-0.15, -0.1) is 0 Å². The lowest BCUT2D eigenvalue weighted by Gasteiger charge is -1.95. The van der Waals surface area contributed by atoms with Crippen molar-refractivity contribution in [2.24, 2.45) is 0 Å². The molecule has 8 heteroatoms. The van der Waals surface area contributed by atoms with E-state index in [9.17, 15) is 19.7 Å². The molecule has 19 heavy (non-hydrogen) atoms. The summed E-state index contributed by atoms with van der Waals surface area (Å²) in [5.41, 5.74) is -0.218. The van der Waals surface area contributed by atoms with Gasteiger partial charge in [-0.1, -0.05) is 12.1 Å². The van der Waals surface area contributed by atoms with Crippen LogP contribution in [-0.2, 0) is 16.0 Å². The van der Waals surface area contributed by atoms with Gasteiger partial charge in [0.25, 0.3) is 5.69 Å². The van der Waals surface area contributed by atoms with Gasteiger partial charge in [-0.05, 0) is 12.5 Å². The third-order valence-electron chi connectivity index (χ3n) is 1.76. The van der Waals surface area contributed by atoms with E-state index < -0.39 is 16.3 Å². The monoisotopic (exact) mass is 289 g/mol. The molecule has 7 nitrogen and oxygen atoms in total. The first-order valence-electron chi connectivity index (χ1n) is 5.14. The van der Waals surface area contributed by atoms with Crippen molar-refractivity contribution in [3.05, 3.63) is 39.9 Å². The van der Waals surface area contributed by atoms with Crippen LogP contribution in [0.1, 0.15) is 12.5 Å². The van der Waals surface area contributed by atoms with Gasteiger partial charge < -0.3 is 9.84 Å². The normalized spacial score (nSPS) is 8.95. The van der Waals surface area contributed by atoms with Crippen LogP contribution in [0.3, 0.4) is 0 Å². The van der Waals surface area contributed by atoms with E-state index in [4.69, 9.17) is 16.7 Å². The molecule has 0 bridgehead atoms. The minimum absolute atomic E-state index is 0.0332. The molecule has 0 unspecified atom stereocenters. The summed E-state index contributed by atoms with van der Waals surface area (Å²) in [4.78, 5) is 29.5. The van der Waals surface area contributed by atoms with Crippen molar-refractivity contribution in [2.45, 2.75) is 13.3 Å². The fourth-order valence-electron chi connectivity index (χ4n) is 1.02. The zero-order chi connectivity index (χ0) is 14.8. The molecule has 0 saturated heterocycles. The Morgan fingerprint density at radius 3 is 2.16 bits per heavy atom. The summed E-state index contributed by atoms with van der Waals surface area (Å²) in [6.45, 7) is 2.04. The summed E-state index contributed by atoms with van der Waals surface area (Å²) in [6.07, 6.45) is -0.113. The van der Waals surface area contributed by atoms with E-state index in [1.54, 1.807) is 6.92 Å². The number of halogens is 1. The fraction of sp³-hybridized carbons (Fsp3) is 0.273. The van der Waals surface area contributed by atoms with Crippen LogP contribution in [-0.4, -0.2) is 28.0 Å². The molecule has 0 spiro atoms. The predicted molar refractivity (Wildman–Crippen MR) is 67.3 cm³/mol. The summed E-state index contributed by atoms with van der Waals surface area (Å²) >= 11 is 4.72. The molecule has 0 atom stereocenters. The highest BCUT2D eigenvalue weighted by molar-refractivity contribution is 6.61. The van der Waals surface area contributed by atoms with Crippen LogP contribution in [0.25, 0.3) is 0 Å². The first kappa shape index (κ1) is 16.9. The lowest BCUT2D eigenvalue weighted by molar-refractivity contribution is -0.384. The smallest absolute Gasteiger partial charge is 0.403 e. The Labute approximate surface area is 113 Å². The second-order valence-electron chi connectivity index (χ2n) is 3.16. The number of aliphatic carboxylic acids is 1. The number of hydrogen-bond acceptors (Lipinski definition) is 5. The third kappa shape index (κ3) is 8.56. The number of non-ortho nitro benzene ring substituents is 1. The standard InChI is InChI=1S/C8H7NO4.C3H5ClO2/c10-8(11)5-6-1-3-7(4-2-6)9(12)13;1-2-6-3(4)5/h1-4H,5H2,(H,10,11);2H2,1H3. The minimum atomic E-state index is -0.950. The van der Waals surface area contributed by atoms with Crippen molar-refractivity contribution >= 4 is 28.7 Å². The number of ether oxygens (including phenoxy) is 1. The number of rotatable bonds is 4. The van der Waals surface area contributed by atoms with Crippen LogP contribution in [0, 0.1) is 10.1 Å². The highest BCUT2D eigenvalue weighted by atomic mass is 35.5. The largest absolute Gasteiger partial charge is 0.481 e. The number of benzene rings is 1. The second kappa shape index (κ2) is 8.87. The quantitative estimate of drug-likeness (QED) is 0.518. The summed E-state index contributed by atoms with van der Waals surface area (Å²) < 4.78 is 4.17. The highest BCUT2D eigenvalue weighted by Gasteiger charge is 2.05. The molecule has 1 rings (SSSR count). The molecule has 0 aliphatic heterocycles. The number of hydrogen-bond donors (Lipinski definition) is 1. The molecule has 0 aromatic heterocycles. The summed E-state index contributed by atoms with van der Waals surface area (Å²) in [5, 5.41) is 18.6. The Morgan fingerprint density at radius 1 is 1.37 bits per heavy atom.